The quantitative estimate of drug-likeness (QED) is 0.638. The zero-order valence-corrected chi connectivity index (χ0v) is 13.4. The van der Waals surface area contributed by atoms with Crippen LogP contribution in [0.5, 0.6) is 0 Å². The maximum atomic E-state index is 6.31. The van der Waals surface area contributed by atoms with Crippen LogP contribution in [0.3, 0.4) is 0 Å². The molecule has 0 aliphatic heterocycles. The first-order valence-electron chi connectivity index (χ1n) is 6.60. The summed E-state index contributed by atoms with van der Waals surface area (Å²) in [6.07, 6.45) is 0.896. The van der Waals surface area contributed by atoms with Gasteiger partial charge < -0.3 is 4.52 Å². The van der Waals surface area contributed by atoms with E-state index in [-0.39, 0.29) is 0 Å². The highest BCUT2D eigenvalue weighted by molar-refractivity contribution is 6.36. The van der Waals surface area contributed by atoms with Crippen LogP contribution in [0.2, 0.25) is 10.2 Å². The van der Waals surface area contributed by atoms with Gasteiger partial charge in [-0.25, -0.2) is 4.98 Å². The molecule has 2 heterocycles. The number of aryl methyl sites for hydroxylation is 3. The molecule has 0 unspecified atom stereocenters. The van der Waals surface area contributed by atoms with Gasteiger partial charge in [0.25, 0.3) is 5.89 Å². The van der Waals surface area contributed by atoms with Crippen LogP contribution >= 0.6 is 23.2 Å². The Kier molecular flexibility index (Phi) is 3.59. The molecule has 6 heteroatoms. The Morgan fingerprint density at radius 3 is 2.52 bits per heavy atom. The summed E-state index contributed by atoms with van der Waals surface area (Å²) in [4.78, 5) is 8.64. The molecule has 0 spiro atoms. The number of benzene rings is 1. The van der Waals surface area contributed by atoms with Gasteiger partial charge in [-0.1, -0.05) is 35.3 Å². The largest absolute Gasteiger partial charge is 0.334 e. The lowest BCUT2D eigenvalue weighted by molar-refractivity contribution is 0.425. The summed E-state index contributed by atoms with van der Waals surface area (Å²) in [6, 6.07) is 4.00. The molecule has 0 aliphatic carbocycles. The molecule has 0 N–H and O–H groups in total. The van der Waals surface area contributed by atoms with Crippen LogP contribution in [0.15, 0.2) is 16.7 Å². The Bertz CT molecular complexity index is 843. The highest BCUT2D eigenvalue weighted by atomic mass is 35.5. The molecule has 21 heavy (non-hydrogen) atoms. The van der Waals surface area contributed by atoms with Crippen LogP contribution in [0, 0.1) is 13.8 Å². The number of hydrogen-bond acceptors (Lipinski definition) is 4. The summed E-state index contributed by atoms with van der Waals surface area (Å²) in [7, 11) is 0. The normalized spacial score (nSPS) is 11.3. The molecule has 2 aromatic heterocycles. The summed E-state index contributed by atoms with van der Waals surface area (Å²) >= 11 is 12.6. The molecule has 108 valence electrons. The number of halogens is 2. The van der Waals surface area contributed by atoms with Gasteiger partial charge in [-0.3, -0.25) is 0 Å². The van der Waals surface area contributed by atoms with Gasteiger partial charge in [-0.2, -0.15) is 4.98 Å². The Balaban J connectivity index is 2.37. The predicted molar refractivity (Wildman–Crippen MR) is 83.9 cm³/mol. The van der Waals surface area contributed by atoms with E-state index in [0.717, 1.165) is 22.9 Å². The Morgan fingerprint density at radius 1 is 1.14 bits per heavy atom. The third kappa shape index (κ3) is 2.39. The fourth-order valence-electron chi connectivity index (χ4n) is 2.35. The van der Waals surface area contributed by atoms with Gasteiger partial charge >= 0.3 is 0 Å². The van der Waals surface area contributed by atoms with Gasteiger partial charge in [0.1, 0.15) is 5.15 Å². The highest BCUT2D eigenvalue weighted by Gasteiger charge is 2.19. The van der Waals surface area contributed by atoms with Gasteiger partial charge in [0.15, 0.2) is 5.82 Å². The summed E-state index contributed by atoms with van der Waals surface area (Å²) < 4.78 is 5.23. The second kappa shape index (κ2) is 5.28. The van der Waals surface area contributed by atoms with Crippen molar-refractivity contribution in [1.82, 2.24) is 15.1 Å². The average molecular weight is 322 g/mol. The van der Waals surface area contributed by atoms with E-state index in [1.54, 1.807) is 6.92 Å². The predicted octanol–water partition coefficient (Wildman–Crippen LogP) is 4.77. The zero-order valence-electron chi connectivity index (χ0n) is 11.9. The molecule has 0 bridgehead atoms. The molecular weight excluding hydrogens is 309 g/mol. The second-order valence-electron chi connectivity index (χ2n) is 4.88. The van der Waals surface area contributed by atoms with E-state index in [2.05, 4.69) is 28.1 Å². The number of rotatable bonds is 2. The maximum absolute atomic E-state index is 6.31. The lowest BCUT2D eigenvalue weighted by atomic mass is 10.0. The van der Waals surface area contributed by atoms with E-state index in [4.69, 9.17) is 27.7 Å². The zero-order chi connectivity index (χ0) is 15.1. The monoisotopic (exact) mass is 321 g/mol. The third-order valence-electron chi connectivity index (χ3n) is 3.47. The molecule has 0 aliphatic rings. The molecule has 0 radical (unpaired) electrons. The summed E-state index contributed by atoms with van der Waals surface area (Å²) in [5, 5.41) is 5.68. The minimum Gasteiger partial charge on any atom is -0.334 e. The standard InChI is InChI=1S/C15H13Cl2N3O/c1-4-9-5-10-7(2)12(15-18-8(3)20-21-15)14(17)19-13(10)11(16)6-9/h5-6H,4H2,1-3H3. The molecule has 0 fully saturated rings. The Labute approximate surface area is 132 Å². The van der Waals surface area contributed by atoms with Crippen molar-refractivity contribution in [2.24, 2.45) is 0 Å². The van der Waals surface area contributed by atoms with Crippen LogP contribution in [0.1, 0.15) is 23.9 Å². The maximum Gasteiger partial charge on any atom is 0.261 e. The Morgan fingerprint density at radius 2 is 1.90 bits per heavy atom. The van der Waals surface area contributed by atoms with Crippen LogP contribution in [-0.4, -0.2) is 15.1 Å². The van der Waals surface area contributed by atoms with Crippen molar-refractivity contribution in [2.75, 3.05) is 0 Å². The first-order valence-corrected chi connectivity index (χ1v) is 7.35. The van der Waals surface area contributed by atoms with Gasteiger partial charge in [-0.15, -0.1) is 0 Å². The number of fused-ring (bicyclic) bond motifs is 1. The molecule has 0 amide bonds. The van der Waals surface area contributed by atoms with Gasteiger partial charge in [-0.05, 0) is 43.5 Å². The average Bonchev–Trinajstić information content (AvgIpc) is 2.86. The molecule has 0 saturated carbocycles. The third-order valence-corrected chi connectivity index (χ3v) is 4.03. The fourth-order valence-corrected chi connectivity index (χ4v) is 2.94. The van der Waals surface area contributed by atoms with E-state index in [1.807, 2.05) is 13.0 Å². The van der Waals surface area contributed by atoms with Crippen molar-refractivity contribution >= 4 is 34.1 Å². The molecule has 3 aromatic rings. The summed E-state index contributed by atoms with van der Waals surface area (Å²) in [6.45, 7) is 5.80. The number of pyridine rings is 1. The molecule has 4 nitrogen and oxygen atoms in total. The van der Waals surface area contributed by atoms with Gasteiger partial charge in [0.05, 0.1) is 16.1 Å². The first-order chi connectivity index (χ1) is 10.0. The van der Waals surface area contributed by atoms with Gasteiger partial charge in [0.2, 0.25) is 0 Å². The van der Waals surface area contributed by atoms with Crippen molar-refractivity contribution in [1.29, 1.82) is 0 Å². The molecule has 3 rings (SSSR count). The second-order valence-corrected chi connectivity index (χ2v) is 5.64. The van der Waals surface area contributed by atoms with E-state index in [1.165, 1.54) is 0 Å². The Hall–Kier alpha value is -1.65. The SMILES string of the molecule is CCc1cc(Cl)c2nc(Cl)c(-c3nc(C)no3)c(C)c2c1. The smallest absolute Gasteiger partial charge is 0.261 e. The fraction of sp³-hybridized carbons (Fsp3) is 0.267. The first kappa shape index (κ1) is 14.3. The van der Waals surface area contributed by atoms with Gasteiger partial charge in [0, 0.05) is 5.39 Å². The van der Waals surface area contributed by atoms with E-state index in [9.17, 15) is 0 Å². The van der Waals surface area contributed by atoms with Crippen LogP contribution in [0.4, 0.5) is 0 Å². The minimum absolute atomic E-state index is 0.315. The number of aromatic nitrogens is 3. The van der Waals surface area contributed by atoms with Crippen molar-refractivity contribution < 1.29 is 4.52 Å². The molecule has 0 saturated heterocycles. The summed E-state index contributed by atoms with van der Waals surface area (Å²) in [5.41, 5.74) is 3.43. The molecule has 0 atom stereocenters. The van der Waals surface area contributed by atoms with E-state index >= 15 is 0 Å². The highest BCUT2D eigenvalue weighted by Crippen LogP contribution is 2.36. The number of nitrogens with zero attached hydrogens (tertiary/aromatic N) is 3. The van der Waals surface area contributed by atoms with E-state index in [0.29, 0.717) is 33.0 Å². The van der Waals surface area contributed by atoms with Crippen molar-refractivity contribution in [2.45, 2.75) is 27.2 Å². The molecule has 1 aromatic carbocycles. The van der Waals surface area contributed by atoms with Crippen LogP contribution in [0.25, 0.3) is 22.4 Å². The van der Waals surface area contributed by atoms with Crippen molar-refractivity contribution in [3.63, 3.8) is 0 Å². The molecular formula is C15H13Cl2N3O. The van der Waals surface area contributed by atoms with Crippen molar-refractivity contribution in [3.8, 4) is 11.5 Å². The van der Waals surface area contributed by atoms with E-state index < -0.39 is 0 Å². The lowest BCUT2D eigenvalue weighted by Crippen LogP contribution is -1.94. The minimum atomic E-state index is 0.315. The van der Waals surface area contributed by atoms with Crippen molar-refractivity contribution in [3.05, 3.63) is 39.3 Å². The van der Waals surface area contributed by atoms with Crippen LogP contribution in [-0.2, 0) is 6.42 Å². The topological polar surface area (TPSA) is 51.8 Å². The summed E-state index contributed by atoms with van der Waals surface area (Å²) in [5.74, 6) is 0.934. The number of hydrogen-bond donors (Lipinski definition) is 0. The lowest BCUT2D eigenvalue weighted by Gasteiger charge is -2.10. The van der Waals surface area contributed by atoms with Crippen LogP contribution < -0.4 is 0 Å².